The van der Waals surface area contributed by atoms with Gasteiger partial charge >= 0.3 is 0 Å². The lowest BCUT2D eigenvalue weighted by Crippen LogP contribution is -2.36. The number of pyridine rings is 1. The SMILES string of the molecule is C[C@@H](Sc1nnc(-c2ccncc2)o1)C(=O)NN. The standard InChI is InChI=1S/C10H11N5O2S/c1-6(8(16)13-11)18-10-15-14-9(17-10)7-2-4-12-5-3-7/h2-6H,11H2,1H3,(H,13,16)/t6-/m1/s1. The first kappa shape index (κ1) is 12.5. The molecule has 2 heterocycles. The van der Waals surface area contributed by atoms with E-state index < -0.39 is 5.25 Å². The molecular formula is C10H11N5O2S. The largest absolute Gasteiger partial charge is 0.411 e. The molecule has 0 unspecified atom stereocenters. The molecule has 0 saturated carbocycles. The summed E-state index contributed by atoms with van der Waals surface area (Å²) in [5, 5.41) is 7.67. The highest BCUT2D eigenvalue weighted by Crippen LogP contribution is 2.25. The van der Waals surface area contributed by atoms with Gasteiger partial charge < -0.3 is 4.42 Å². The predicted molar refractivity (Wildman–Crippen MR) is 65.2 cm³/mol. The van der Waals surface area contributed by atoms with Crippen molar-refractivity contribution >= 4 is 17.7 Å². The second-order valence-corrected chi connectivity index (χ2v) is 4.67. The van der Waals surface area contributed by atoms with Crippen LogP contribution in [0.5, 0.6) is 0 Å². The van der Waals surface area contributed by atoms with Crippen molar-refractivity contribution < 1.29 is 9.21 Å². The fourth-order valence-electron chi connectivity index (χ4n) is 1.19. The molecule has 8 heteroatoms. The molecule has 2 aromatic heterocycles. The molecule has 0 aliphatic rings. The first-order chi connectivity index (χ1) is 8.70. The van der Waals surface area contributed by atoms with Crippen molar-refractivity contribution in [2.45, 2.75) is 17.4 Å². The second kappa shape index (κ2) is 5.61. The van der Waals surface area contributed by atoms with E-state index in [4.69, 9.17) is 10.3 Å². The number of amides is 1. The predicted octanol–water partition coefficient (Wildman–Crippen LogP) is 0.602. The lowest BCUT2D eigenvalue weighted by atomic mass is 10.3. The number of nitrogens with two attached hydrogens (primary N) is 1. The van der Waals surface area contributed by atoms with Gasteiger partial charge in [-0.3, -0.25) is 15.2 Å². The molecule has 94 valence electrons. The van der Waals surface area contributed by atoms with Gasteiger partial charge in [-0.05, 0) is 19.1 Å². The molecule has 7 nitrogen and oxygen atoms in total. The van der Waals surface area contributed by atoms with Crippen LogP contribution in [0.4, 0.5) is 0 Å². The van der Waals surface area contributed by atoms with Crippen LogP contribution in [0.3, 0.4) is 0 Å². The van der Waals surface area contributed by atoms with Gasteiger partial charge in [0.2, 0.25) is 11.8 Å². The third-order valence-electron chi connectivity index (χ3n) is 2.12. The summed E-state index contributed by atoms with van der Waals surface area (Å²) in [7, 11) is 0. The lowest BCUT2D eigenvalue weighted by molar-refractivity contribution is -0.120. The molecule has 0 fully saturated rings. The summed E-state index contributed by atoms with van der Waals surface area (Å²) in [6.07, 6.45) is 3.27. The minimum absolute atomic E-state index is 0.302. The monoisotopic (exact) mass is 265 g/mol. The van der Waals surface area contributed by atoms with E-state index in [9.17, 15) is 4.79 Å². The number of hydrogen-bond donors (Lipinski definition) is 2. The van der Waals surface area contributed by atoms with Crippen LogP contribution in [0.2, 0.25) is 0 Å². The van der Waals surface area contributed by atoms with Crippen LogP contribution in [-0.4, -0.2) is 26.3 Å². The van der Waals surface area contributed by atoms with Crippen LogP contribution in [0, 0.1) is 0 Å². The van der Waals surface area contributed by atoms with Gasteiger partial charge in [0, 0.05) is 18.0 Å². The molecule has 1 amide bonds. The molecular weight excluding hydrogens is 254 g/mol. The molecule has 0 aliphatic carbocycles. The lowest BCUT2D eigenvalue weighted by Gasteiger charge is -2.04. The fourth-order valence-corrected chi connectivity index (χ4v) is 1.88. The number of aromatic nitrogens is 3. The maximum absolute atomic E-state index is 11.2. The van der Waals surface area contributed by atoms with Gasteiger partial charge in [-0.15, -0.1) is 10.2 Å². The molecule has 0 aliphatic heterocycles. The first-order valence-corrected chi connectivity index (χ1v) is 5.99. The summed E-state index contributed by atoms with van der Waals surface area (Å²) < 4.78 is 5.43. The van der Waals surface area contributed by atoms with E-state index in [-0.39, 0.29) is 5.91 Å². The number of hydrogen-bond acceptors (Lipinski definition) is 7. The van der Waals surface area contributed by atoms with Crippen LogP contribution in [0.25, 0.3) is 11.5 Å². The van der Waals surface area contributed by atoms with Crippen LogP contribution in [0.1, 0.15) is 6.92 Å². The van der Waals surface area contributed by atoms with Crippen molar-refractivity contribution in [1.29, 1.82) is 0 Å². The summed E-state index contributed by atoms with van der Waals surface area (Å²) in [5.41, 5.74) is 2.84. The Kier molecular flexibility index (Phi) is 3.90. The molecule has 2 rings (SSSR count). The number of rotatable bonds is 4. The van der Waals surface area contributed by atoms with Gasteiger partial charge in [0.25, 0.3) is 5.22 Å². The third kappa shape index (κ3) is 2.84. The Hall–Kier alpha value is -1.93. The van der Waals surface area contributed by atoms with E-state index in [2.05, 4.69) is 20.6 Å². The smallest absolute Gasteiger partial charge is 0.277 e. The van der Waals surface area contributed by atoms with Crippen molar-refractivity contribution in [3.05, 3.63) is 24.5 Å². The number of carbonyl (C=O) groups is 1. The number of hydrazine groups is 1. The maximum Gasteiger partial charge on any atom is 0.277 e. The van der Waals surface area contributed by atoms with Crippen LogP contribution < -0.4 is 11.3 Å². The Morgan fingerprint density at radius 3 is 2.83 bits per heavy atom. The average Bonchev–Trinajstić information content (AvgIpc) is 2.87. The summed E-state index contributed by atoms with van der Waals surface area (Å²) in [4.78, 5) is 15.1. The molecule has 0 saturated heterocycles. The van der Waals surface area contributed by atoms with Gasteiger partial charge in [-0.1, -0.05) is 11.8 Å². The van der Waals surface area contributed by atoms with Crippen LogP contribution >= 0.6 is 11.8 Å². The van der Waals surface area contributed by atoms with Gasteiger partial charge in [0.1, 0.15) is 0 Å². The topological polar surface area (TPSA) is 107 Å². The summed E-state index contributed by atoms with van der Waals surface area (Å²) in [6.45, 7) is 1.70. The Balaban J connectivity index is 2.09. The Bertz CT molecular complexity index is 530. The molecule has 0 radical (unpaired) electrons. The molecule has 18 heavy (non-hydrogen) atoms. The van der Waals surface area contributed by atoms with Gasteiger partial charge in [0.05, 0.1) is 5.25 Å². The zero-order chi connectivity index (χ0) is 13.0. The quantitative estimate of drug-likeness (QED) is 0.361. The third-order valence-corrected chi connectivity index (χ3v) is 3.06. The van der Waals surface area contributed by atoms with Crippen molar-refractivity contribution in [2.24, 2.45) is 5.84 Å². The number of nitrogens with zero attached hydrogens (tertiary/aromatic N) is 3. The summed E-state index contributed by atoms with van der Waals surface area (Å²) in [5.74, 6) is 5.12. The number of carbonyl (C=O) groups excluding carboxylic acids is 1. The minimum atomic E-state index is -0.402. The first-order valence-electron chi connectivity index (χ1n) is 5.11. The Labute approximate surface area is 107 Å². The van der Waals surface area contributed by atoms with E-state index in [1.165, 1.54) is 0 Å². The highest BCUT2D eigenvalue weighted by atomic mass is 32.2. The zero-order valence-electron chi connectivity index (χ0n) is 9.53. The molecule has 0 aromatic carbocycles. The minimum Gasteiger partial charge on any atom is -0.411 e. The fraction of sp³-hybridized carbons (Fsp3) is 0.200. The van der Waals surface area contributed by atoms with E-state index in [0.29, 0.717) is 11.1 Å². The molecule has 1 atom stereocenters. The molecule has 2 aromatic rings. The van der Waals surface area contributed by atoms with Crippen molar-refractivity contribution in [3.63, 3.8) is 0 Å². The van der Waals surface area contributed by atoms with Gasteiger partial charge in [-0.2, -0.15) is 0 Å². The highest BCUT2D eigenvalue weighted by Gasteiger charge is 2.17. The normalized spacial score (nSPS) is 12.1. The average molecular weight is 265 g/mol. The van der Waals surface area contributed by atoms with E-state index in [1.54, 1.807) is 31.5 Å². The van der Waals surface area contributed by atoms with Gasteiger partial charge in [-0.25, -0.2) is 5.84 Å². The number of nitrogens with one attached hydrogen (secondary N) is 1. The molecule has 3 N–H and O–H groups in total. The zero-order valence-corrected chi connectivity index (χ0v) is 10.3. The van der Waals surface area contributed by atoms with E-state index in [0.717, 1.165) is 17.3 Å². The Morgan fingerprint density at radius 1 is 1.44 bits per heavy atom. The van der Waals surface area contributed by atoms with Crippen LogP contribution in [-0.2, 0) is 4.79 Å². The molecule has 0 spiro atoms. The number of thioether (sulfide) groups is 1. The van der Waals surface area contributed by atoms with E-state index in [1.807, 2.05) is 0 Å². The van der Waals surface area contributed by atoms with Crippen molar-refractivity contribution in [2.75, 3.05) is 0 Å². The van der Waals surface area contributed by atoms with Crippen molar-refractivity contribution in [1.82, 2.24) is 20.6 Å². The van der Waals surface area contributed by atoms with Crippen molar-refractivity contribution in [3.8, 4) is 11.5 Å². The van der Waals surface area contributed by atoms with Crippen LogP contribution in [0.15, 0.2) is 34.2 Å². The summed E-state index contributed by atoms with van der Waals surface area (Å²) >= 11 is 1.14. The van der Waals surface area contributed by atoms with Gasteiger partial charge in [0.15, 0.2) is 0 Å². The maximum atomic E-state index is 11.2. The molecule has 0 bridgehead atoms. The highest BCUT2D eigenvalue weighted by molar-refractivity contribution is 8.00. The summed E-state index contributed by atoms with van der Waals surface area (Å²) in [6, 6.07) is 3.52. The Morgan fingerprint density at radius 2 is 2.17 bits per heavy atom. The van der Waals surface area contributed by atoms with E-state index >= 15 is 0 Å². The second-order valence-electron chi connectivity index (χ2n) is 3.38.